The van der Waals surface area contributed by atoms with Gasteiger partial charge in [-0.1, -0.05) is 29.8 Å². The Bertz CT molecular complexity index is 910. The summed E-state index contributed by atoms with van der Waals surface area (Å²) in [6, 6.07) is 17.8. The van der Waals surface area contributed by atoms with Crippen LogP contribution in [0.15, 0.2) is 60.8 Å². The van der Waals surface area contributed by atoms with Crippen LogP contribution in [0, 0.1) is 5.92 Å². The van der Waals surface area contributed by atoms with Crippen molar-refractivity contribution in [1.82, 2.24) is 4.98 Å². The molecule has 26 heavy (non-hydrogen) atoms. The molecule has 4 rings (SSSR count). The molecule has 0 aliphatic heterocycles. The summed E-state index contributed by atoms with van der Waals surface area (Å²) < 4.78 is 0. The molecule has 3 nitrogen and oxygen atoms in total. The van der Waals surface area contributed by atoms with Gasteiger partial charge >= 0.3 is 0 Å². The molecule has 1 aliphatic rings. The number of benzene rings is 2. The molecule has 0 spiro atoms. The molecule has 0 unspecified atom stereocenters. The van der Waals surface area contributed by atoms with Gasteiger partial charge in [0.2, 0.25) is 5.91 Å². The van der Waals surface area contributed by atoms with Crippen LogP contribution < -0.4 is 5.32 Å². The minimum Gasteiger partial charge on any atom is -0.325 e. The van der Waals surface area contributed by atoms with Crippen LogP contribution in [0.2, 0.25) is 5.02 Å². The normalized spacial score (nSPS) is 20.0. The van der Waals surface area contributed by atoms with Crippen molar-refractivity contribution in [2.75, 3.05) is 5.32 Å². The fraction of sp³-hybridized carbons (Fsp3) is 0.273. The molecule has 1 N–H and O–H groups in total. The molecule has 1 heterocycles. The average molecular weight is 365 g/mol. The van der Waals surface area contributed by atoms with Crippen LogP contribution in [0.25, 0.3) is 10.9 Å². The highest BCUT2D eigenvalue weighted by Crippen LogP contribution is 2.36. The molecule has 1 amide bonds. The molecule has 1 fully saturated rings. The lowest BCUT2D eigenvalue weighted by Gasteiger charge is -2.28. The van der Waals surface area contributed by atoms with Crippen molar-refractivity contribution < 1.29 is 4.79 Å². The van der Waals surface area contributed by atoms with Crippen LogP contribution in [0.3, 0.4) is 0 Å². The topological polar surface area (TPSA) is 42.0 Å². The summed E-state index contributed by atoms with van der Waals surface area (Å²) >= 11 is 5.98. The van der Waals surface area contributed by atoms with Gasteiger partial charge in [-0.2, -0.15) is 0 Å². The maximum atomic E-state index is 12.8. The molecule has 1 aromatic heterocycles. The zero-order valence-electron chi connectivity index (χ0n) is 14.5. The van der Waals surface area contributed by atoms with Crippen LogP contribution in [-0.2, 0) is 4.79 Å². The summed E-state index contributed by atoms with van der Waals surface area (Å²) in [6.45, 7) is 0. The Hall–Kier alpha value is -2.39. The number of nitrogens with one attached hydrogen (secondary N) is 1. The van der Waals surface area contributed by atoms with E-state index in [-0.39, 0.29) is 11.8 Å². The van der Waals surface area contributed by atoms with Gasteiger partial charge in [-0.05, 0) is 73.6 Å². The maximum Gasteiger partial charge on any atom is 0.227 e. The van der Waals surface area contributed by atoms with Gasteiger partial charge in [0.05, 0.1) is 11.2 Å². The highest BCUT2D eigenvalue weighted by atomic mass is 35.5. The van der Waals surface area contributed by atoms with Crippen molar-refractivity contribution >= 4 is 34.1 Å². The highest BCUT2D eigenvalue weighted by Gasteiger charge is 2.27. The van der Waals surface area contributed by atoms with E-state index in [4.69, 9.17) is 11.6 Å². The lowest BCUT2D eigenvalue weighted by atomic mass is 9.78. The molecule has 1 saturated carbocycles. The van der Waals surface area contributed by atoms with Crippen LogP contribution in [0.4, 0.5) is 5.69 Å². The Labute approximate surface area is 158 Å². The van der Waals surface area contributed by atoms with E-state index in [9.17, 15) is 4.79 Å². The number of halogens is 1. The van der Waals surface area contributed by atoms with Gasteiger partial charge in [0.15, 0.2) is 0 Å². The number of aromatic nitrogens is 1. The molecular formula is C22H21ClN2O. The highest BCUT2D eigenvalue weighted by molar-refractivity contribution is 6.30. The van der Waals surface area contributed by atoms with Crippen LogP contribution in [-0.4, -0.2) is 10.9 Å². The molecule has 0 saturated heterocycles. The molecular weight excluding hydrogens is 344 g/mol. The van der Waals surface area contributed by atoms with E-state index in [0.29, 0.717) is 5.92 Å². The first-order valence-electron chi connectivity index (χ1n) is 9.11. The summed E-state index contributed by atoms with van der Waals surface area (Å²) in [5, 5.41) is 4.87. The smallest absolute Gasteiger partial charge is 0.227 e. The van der Waals surface area contributed by atoms with Gasteiger partial charge in [0, 0.05) is 22.5 Å². The van der Waals surface area contributed by atoms with Crippen molar-refractivity contribution in [2.24, 2.45) is 5.92 Å². The summed E-state index contributed by atoms with van der Waals surface area (Å²) in [5.74, 6) is 0.722. The Morgan fingerprint density at radius 1 is 0.962 bits per heavy atom. The van der Waals surface area contributed by atoms with E-state index < -0.39 is 0 Å². The number of nitrogens with zero attached hydrogens (tertiary/aromatic N) is 1. The Balaban J connectivity index is 1.41. The Kier molecular flexibility index (Phi) is 4.89. The zero-order valence-corrected chi connectivity index (χ0v) is 15.2. The number of hydrogen-bond acceptors (Lipinski definition) is 2. The third kappa shape index (κ3) is 3.58. The largest absolute Gasteiger partial charge is 0.325 e. The van der Waals surface area contributed by atoms with E-state index in [1.807, 2.05) is 42.5 Å². The number of carbonyl (C=O) groups excluding carboxylic acids is 1. The average Bonchev–Trinajstić information content (AvgIpc) is 2.69. The summed E-state index contributed by atoms with van der Waals surface area (Å²) in [4.78, 5) is 17.1. The van der Waals surface area contributed by atoms with Crippen molar-refractivity contribution in [2.45, 2.75) is 31.6 Å². The fourth-order valence-corrected chi connectivity index (χ4v) is 4.00. The van der Waals surface area contributed by atoms with Gasteiger partial charge in [-0.15, -0.1) is 0 Å². The lowest BCUT2D eigenvalue weighted by molar-refractivity contribution is -0.120. The van der Waals surface area contributed by atoms with Gasteiger partial charge < -0.3 is 5.32 Å². The monoisotopic (exact) mass is 364 g/mol. The first-order chi connectivity index (χ1) is 12.7. The minimum absolute atomic E-state index is 0.0745. The van der Waals surface area contributed by atoms with Crippen LogP contribution in [0.1, 0.15) is 37.2 Å². The van der Waals surface area contributed by atoms with E-state index >= 15 is 0 Å². The summed E-state index contributed by atoms with van der Waals surface area (Å²) in [5.41, 5.74) is 3.07. The molecule has 4 heteroatoms. The third-order valence-corrected chi connectivity index (χ3v) is 5.59. The van der Waals surface area contributed by atoms with E-state index in [1.54, 1.807) is 6.20 Å². The molecule has 0 bridgehead atoms. The second kappa shape index (κ2) is 7.46. The maximum absolute atomic E-state index is 12.8. The van der Waals surface area contributed by atoms with E-state index in [1.165, 1.54) is 5.56 Å². The number of rotatable bonds is 3. The zero-order chi connectivity index (χ0) is 17.9. The SMILES string of the molecule is O=C(Nc1cccc2ncccc12)C1CCC(c2ccc(Cl)cc2)CC1. The lowest BCUT2D eigenvalue weighted by Crippen LogP contribution is -2.26. The fourth-order valence-electron chi connectivity index (χ4n) is 3.87. The van der Waals surface area contributed by atoms with Gasteiger partial charge in [-0.25, -0.2) is 0 Å². The second-order valence-electron chi connectivity index (χ2n) is 6.97. The first-order valence-corrected chi connectivity index (χ1v) is 9.48. The Morgan fingerprint density at radius 3 is 2.50 bits per heavy atom. The van der Waals surface area contributed by atoms with E-state index in [2.05, 4.69) is 22.4 Å². The third-order valence-electron chi connectivity index (χ3n) is 5.34. The number of carbonyl (C=O) groups is 1. The quantitative estimate of drug-likeness (QED) is 0.638. The standard InChI is InChI=1S/C22H21ClN2O/c23-18-12-10-16(11-13-18)15-6-8-17(9-7-15)22(26)25-21-5-1-4-20-19(21)3-2-14-24-20/h1-5,10-15,17H,6-9H2,(H,25,26). The predicted octanol–water partition coefficient (Wildman–Crippen LogP) is 5.80. The van der Waals surface area contributed by atoms with Gasteiger partial charge in [0.25, 0.3) is 0 Å². The van der Waals surface area contributed by atoms with Crippen LogP contribution >= 0.6 is 11.6 Å². The number of fused-ring (bicyclic) bond motifs is 1. The van der Waals surface area contributed by atoms with Crippen molar-refractivity contribution in [3.05, 3.63) is 71.4 Å². The second-order valence-corrected chi connectivity index (χ2v) is 7.40. The first kappa shape index (κ1) is 17.0. The van der Waals surface area contributed by atoms with Gasteiger partial charge in [0.1, 0.15) is 0 Å². The van der Waals surface area contributed by atoms with E-state index in [0.717, 1.165) is 47.3 Å². The molecule has 3 aromatic rings. The number of pyridine rings is 1. The van der Waals surface area contributed by atoms with Crippen molar-refractivity contribution in [3.63, 3.8) is 0 Å². The van der Waals surface area contributed by atoms with Crippen molar-refractivity contribution in [1.29, 1.82) is 0 Å². The number of amides is 1. The molecule has 0 atom stereocenters. The molecule has 1 aliphatic carbocycles. The van der Waals surface area contributed by atoms with Crippen LogP contribution in [0.5, 0.6) is 0 Å². The Morgan fingerprint density at radius 2 is 1.73 bits per heavy atom. The number of anilines is 1. The molecule has 132 valence electrons. The predicted molar refractivity (Wildman–Crippen MR) is 107 cm³/mol. The van der Waals surface area contributed by atoms with Crippen molar-refractivity contribution in [3.8, 4) is 0 Å². The van der Waals surface area contributed by atoms with Gasteiger partial charge in [-0.3, -0.25) is 9.78 Å². The minimum atomic E-state index is 0.0745. The number of hydrogen-bond donors (Lipinski definition) is 1. The molecule has 2 aromatic carbocycles. The summed E-state index contributed by atoms with van der Waals surface area (Å²) in [6.07, 6.45) is 5.68. The summed E-state index contributed by atoms with van der Waals surface area (Å²) in [7, 11) is 0. The molecule has 0 radical (unpaired) electrons.